The molecular formula is C24H23N3O3S4. The maximum absolute atomic E-state index is 12.7. The van der Waals surface area contributed by atoms with Gasteiger partial charge in [-0.1, -0.05) is 35.9 Å². The van der Waals surface area contributed by atoms with Gasteiger partial charge >= 0.3 is 0 Å². The topological polar surface area (TPSA) is 88.2 Å². The van der Waals surface area contributed by atoms with Crippen molar-refractivity contribution in [1.29, 1.82) is 0 Å². The number of thiazole rings is 1. The van der Waals surface area contributed by atoms with Gasteiger partial charge in [0.05, 0.1) is 10.9 Å². The number of carbonyl (C=O) groups excluding carboxylic acids is 1. The molecule has 0 aliphatic heterocycles. The summed E-state index contributed by atoms with van der Waals surface area (Å²) in [6.45, 7) is 5.86. The average molecular weight is 530 g/mol. The molecule has 0 fully saturated rings. The Bertz CT molecular complexity index is 1380. The highest BCUT2D eigenvalue weighted by Gasteiger charge is 2.19. The lowest BCUT2D eigenvalue weighted by molar-refractivity contribution is -0.115. The maximum Gasteiger partial charge on any atom is 0.271 e. The Kier molecular flexibility index (Phi) is 7.42. The van der Waals surface area contributed by atoms with E-state index in [-0.39, 0.29) is 15.4 Å². The predicted octanol–water partition coefficient (Wildman–Crippen LogP) is 6.41. The van der Waals surface area contributed by atoms with Crippen molar-refractivity contribution in [3.05, 3.63) is 76.5 Å². The summed E-state index contributed by atoms with van der Waals surface area (Å²) in [6, 6.07) is 18.4. The summed E-state index contributed by atoms with van der Waals surface area (Å²) in [5, 5.41) is 4.85. The molecule has 2 heterocycles. The summed E-state index contributed by atoms with van der Waals surface area (Å²) in [5.41, 5.74) is 3.55. The highest BCUT2D eigenvalue weighted by Crippen LogP contribution is 2.32. The largest absolute Gasteiger partial charge is 0.301 e. The number of thioether (sulfide) groups is 1. The number of thiophene rings is 1. The van der Waals surface area contributed by atoms with E-state index >= 15 is 0 Å². The molecule has 0 aliphatic carbocycles. The first kappa shape index (κ1) is 24.5. The minimum Gasteiger partial charge on any atom is -0.301 e. The molecule has 2 N–H and O–H groups in total. The zero-order valence-corrected chi connectivity index (χ0v) is 22.0. The van der Waals surface area contributed by atoms with Crippen molar-refractivity contribution in [3.63, 3.8) is 0 Å². The zero-order chi connectivity index (χ0) is 24.3. The number of nitrogens with zero attached hydrogens (tertiary/aromatic N) is 1. The number of aromatic nitrogens is 1. The number of amides is 1. The normalized spacial score (nSPS) is 12.3. The molecule has 1 unspecified atom stereocenters. The predicted molar refractivity (Wildman–Crippen MR) is 143 cm³/mol. The van der Waals surface area contributed by atoms with E-state index in [1.165, 1.54) is 28.7 Å². The summed E-state index contributed by atoms with van der Waals surface area (Å²) in [6.07, 6.45) is 0. The van der Waals surface area contributed by atoms with E-state index in [9.17, 15) is 13.2 Å². The van der Waals surface area contributed by atoms with Crippen LogP contribution in [0, 0.1) is 13.8 Å². The molecule has 1 atom stereocenters. The number of anilines is 2. The number of nitrogens with one attached hydrogen (secondary N) is 2. The molecule has 0 aliphatic rings. The lowest BCUT2D eigenvalue weighted by Gasteiger charge is -2.11. The number of aryl methyl sites for hydroxylation is 2. The zero-order valence-electron chi connectivity index (χ0n) is 18.7. The van der Waals surface area contributed by atoms with E-state index < -0.39 is 10.0 Å². The summed E-state index contributed by atoms with van der Waals surface area (Å²) >= 11 is 4.01. The van der Waals surface area contributed by atoms with Gasteiger partial charge in [0.25, 0.3) is 10.0 Å². The first-order valence-electron chi connectivity index (χ1n) is 10.4. The summed E-state index contributed by atoms with van der Waals surface area (Å²) in [5.74, 6) is -0.142. The van der Waals surface area contributed by atoms with Gasteiger partial charge in [-0.15, -0.1) is 34.4 Å². The van der Waals surface area contributed by atoms with Crippen LogP contribution >= 0.6 is 34.4 Å². The second-order valence-corrected chi connectivity index (χ2v) is 13.1. The smallest absolute Gasteiger partial charge is 0.271 e. The average Bonchev–Trinajstić information content (AvgIpc) is 3.46. The molecular weight excluding hydrogens is 507 g/mol. The third kappa shape index (κ3) is 5.87. The van der Waals surface area contributed by atoms with E-state index in [1.54, 1.807) is 41.8 Å². The van der Waals surface area contributed by atoms with Crippen LogP contribution in [0.5, 0.6) is 0 Å². The highest BCUT2D eigenvalue weighted by atomic mass is 32.2. The molecule has 2 aromatic heterocycles. The fourth-order valence-corrected chi connectivity index (χ4v) is 6.87. The Balaban J connectivity index is 1.36. The second kappa shape index (κ2) is 10.3. The molecule has 176 valence electrons. The van der Waals surface area contributed by atoms with Crippen molar-refractivity contribution in [2.24, 2.45) is 0 Å². The van der Waals surface area contributed by atoms with Crippen LogP contribution in [0.2, 0.25) is 0 Å². The Hall–Kier alpha value is -2.66. The highest BCUT2D eigenvalue weighted by molar-refractivity contribution is 8.00. The molecule has 1 amide bonds. The van der Waals surface area contributed by atoms with Crippen molar-refractivity contribution in [1.82, 2.24) is 4.98 Å². The molecule has 4 rings (SSSR count). The number of carbonyl (C=O) groups is 1. The van der Waals surface area contributed by atoms with Gasteiger partial charge in [-0.3, -0.25) is 9.52 Å². The monoisotopic (exact) mass is 529 g/mol. The lowest BCUT2D eigenvalue weighted by Crippen LogP contribution is -2.22. The minimum atomic E-state index is -3.59. The Morgan fingerprint density at radius 1 is 1.03 bits per heavy atom. The van der Waals surface area contributed by atoms with E-state index in [4.69, 9.17) is 0 Å². The maximum atomic E-state index is 12.7. The van der Waals surface area contributed by atoms with Gasteiger partial charge < -0.3 is 5.32 Å². The fourth-order valence-electron chi connectivity index (χ4n) is 3.12. The molecule has 10 heteroatoms. The molecule has 2 aromatic carbocycles. The van der Waals surface area contributed by atoms with E-state index in [0.29, 0.717) is 10.8 Å². The standard InChI is InChI=1S/C24H23N3O3S4/c1-15-6-8-18(9-7-15)22-16(2)33-24(25-22)26-23(28)17(3)32-20-12-10-19(11-13-20)27-34(29,30)21-5-4-14-31-21/h4-14,17,27H,1-3H3,(H,25,26,28). The molecule has 0 saturated carbocycles. The molecule has 0 spiro atoms. The van der Waals surface area contributed by atoms with Gasteiger partial charge in [-0.25, -0.2) is 13.4 Å². The fraction of sp³-hybridized carbons (Fsp3) is 0.167. The van der Waals surface area contributed by atoms with Gasteiger partial charge in [0.15, 0.2) is 5.13 Å². The van der Waals surface area contributed by atoms with Crippen molar-refractivity contribution in [2.75, 3.05) is 10.0 Å². The molecule has 34 heavy (non-hydrogen) atoms. The third-order valence-corrected chi connectivity index (χ3v) is 9.68. The van der Waals surface area contributed by atoms with Crippen molar-refractivity contribution in [3.8, 4) is 11.3 Å². The lowest BCUT2D eigenvalue weighted by atomic mass is 10.1. The molecule has 0 bridgehead atoms. The SMILES string of the molecule is Cc1ccc(-c2nc(NC(=O)C(C)Sc3ccc(NS(=O)(=O)c4cccs4)cc3)sc2C)cc1. The quantitative estimate of drug-likeness (QED) is 0.258. The minimum absolute atomic E-state index is 0.142. The van der Waals surface area contributed by atoms with Crippen LogP contribution in [0.15, 0.2) is 75.1 Å². The van der Waals surface area contributed by atoms with Crippen LogP contribution in [-0.2, 0) is 14.8 Å². The van der Waals surface area contributed by atoms with Gasteiger partial charge in [-0.2, -0.15) is 0 Å². The Morgan fingerprint density at radius 3 is 2.38 bits per heavy atom. The van der Waals surface area contributed by atoms with E-state index in [1.807, 2.05) is 45.0 Å². The van der Waals surface area contributed by atoms with Gasteiger partial charge in [0.1, 0.15) is 4.21 Å². The molecule has 4 aromatic rings. The van der Waals surface area contributed by atoms with Gasteiger partial charge in [0, 0.05) is 21.0 Å². The van der Waals surface area contributed by atoms with Crippen molar-refractivity contribution < 1.29 is 13.2 Å². The molecule has 0 saturated heterocycles. The Labute approximate surface area is 211 Å². The second-order valence-electron chi connectivity index (χ2n) is 7.60. The summed E-state index contributed by atoms with van der Waals surface area (Å²) < 4.78 is 27.5. The van der Waals surface area contributed by atoms with Crippen LogP contribution in [0.3, 0.4) is 0 Å². The third-order valence-electron chi connectivity index (χ3n) is 4.90. The number of benzene rings is 2. The van der Waals surface area contributed by atoms with Gasteiger partial charge in [-0.05, 0) is 56.5 Å². The number of rotatable bonds is 8. The van der Waals surface area contributed by atoms with Crippen LogP contribution in [0.25, 0.3) is 11.3 Å². The summed E-state index contributed by atoms with van der Waals surface area (Å²) in [4.78, 5) is 19.3. The molecule has 6 nitrogen and oxygen atoms in total. The number of hydrogen-bond donors (Lipinski definition) is 2. The number of hydrogen-bond acceptors (Lipinski definition) is 7. The molecule has 0 radical (unpaired) electrons. The van der Waals surface area contributed by atoms with E-state index in [0.717, 1.165) is 32.4 Å². The van der Waals surface area contributed by atoms with Crippen LogP contribution < -0.4 is 10.0 Å². The van der Waals surface area contributed by atoms with Crippen molar-refractivity contribution in [2.45, 2.75) is 35.1 Å². The number of sulfonamides is 1. The van der Waals surface area contributed by atoms with E-state index in [2.05, 4.69) is 15.0 Å². The van der Waals surface area contributed by atoms with Crippen LogP contribution in [-0.4, -0.2) is 24.6 Å². The van der Waals surface area contributed by atoms with Crippen LogP contribution in [0.4, 0.5) is 10.8 Å². The first-order chi connectivity index (χ1) is 16.2. The first-order valence-corrected chi connectivity index (χ1v) is 14.5. The van der Waals surface area contributed by atoms with Crippen LogP contribution in [0.1, 0.15) is 17.4 Å². The van der Waals surface area contributed by atoms with Crippen molar-refractivity contribution >= 4 is 61.2 Å². The van der Waals surface area contributed by atoms with Gasteiger partial charge in [0.2, 0.25) is 5.91 Å². The Morgan fingerprint density at radius 2 is 1.74 bits per heavy atom. The summed E-state index contributed by atoms with van der Waals surface area (Å²) in [7, 11) is -3.59.